The minimum absolute atomic E-state index is 0.102. The third kappa shape index (κ3) is 5.33. The standard InChI is InChI=1S/C14H27F2N/c1-4-17-10-12(3)11(2)8-13-6-5-7-14(15,16)9-13/h11-13,17H,4-10H2,1-3H3. The monoisotopic (exact) mass is 247 g/mol. The zero-order valence-electron chi connectivity index (χ0n) is 11.4. The third-order valence-corrected chi connectivity index (χ3v) is 4.14. The Morgan fingerprint density at radius 2 is 2.00 bits per heavy atom. The third-order valence-electron chi connectivity index (χ3n) is 4.14. The molecule has 0 amide bonds. The van der Waals surface area contributed by atoms with Crippen LogP contribution in [0, 0.1) is 17.8 Å². The van der Waals surface area contributed by atoms with Crippen molar-refractivity contribution in [1.82, 2.24) is 5.32 Å². The van der Waals surface area contributed by atoms with Gasteiger partial charge in [0.15, 0.2) is 0 Å². The fourth-order valence-corrected chi connectivity index (χ4v) is 2.81. The van der Waals surface area contributed by atoms with E-state index < -0.39 is 5.92 Å². The van der Waals surface area contributed by atoms with Crippen molar-refractivity contribution < 1.29 is 8.78 Å². The fourth-order valence-electron chi connectivity index (χ4n) is 2.81. The van der Waals surface area contributed by atoms with Crippen LogP contribution in [0.1, 0.15) is 52.9 Å². The maximum absolute atomic E-state index is 13.3. The Morgan fingerprint density at radius 3 is 2.59 bits per heavy atom. The molecular formula is C14H27F2N. The lowest BCUT2D eigenvalue weighted by Gasteiger charge is -2.32. The van der Waals surface area contributed by atoms with E-state index in [9.17, 15) is 8.78 Å². The number of rotatable bonds is 6. The largest absolute Gasteiger partial charge is 0.317 e. The van der Waals surface area contributed by atoms with Gasteiger partial charge in [-0.2, -0.15) is 0 Å². The summed E-state index contributed by atoms with van der Waals surface area (Å²) in [4.78, 5) is 0. The van der Waals surface area contributed by atoms with Crippen molar-refractivity contribution in [3.8, 4) is 0 Å². The zero-order chi connectivity index (χ0) is 12.9. The van der Waals surface area contributed by atoms with Crippen LogP contribution in [0.2, 0.25) is 0 Å². The van der Waals surface area contributed by atoms with Gasteiger partial charge in [-0.25, -0.2) is 8.78 Å². The minimum atomic E-state index is -2.40. The van der Waals surface area contributed by atoms with Crippen LogP contribution in [0.4, 0.5) is 8.78 Å². The van der Waals surface area contributed by atoms with Crippen molar-refractivity contribution in [2.75, 3.05) is 13.1 Å². The van der Waals surface area contributed by atoms with Gasteiger partial charge < -0.3 is 5.32 Å². The van der Waals surface area contributed by atoms with Crippen molar-refractivity contribution in [3.63, 3.8) is 0 Å². The molecule has 0 aromatic carbocycles. The molecule has 3 atom stereocenters. The lowest BCUT2D eigenvalue weighted by atomic mass is 9.78. The van der Waals surface area contributed by atoms with Gasteiger partial charge in [0.25, 0.3) is 0 Å². The van der Waals surface area contributed by atoms with Crippen LogP contribution in [0.15, 0.2) is 0 Å². The normalized spacial score (nSPS) is 27.7. The Balaban J connectivity index is 2.32. The molecular weight excluding hydrogens is 220 g/mol. The number of hydrogen-bond acceptors (Lipinski definition) is 1. The highest BCUT2D eigenvalue weighted by Gasteiger charge is 2.36. The second kappa shape index (κ2) is 6.67. The molecule has 3 unspecified atom stereocenters. The molecule has 17 heavy (non-hydrogen) atoms. The van der Waals surface area contributed by atoms with Crippen LogP contribution >= 0.6 is 0 Å². The van der Waals surface area contributed by atoms with E-state index in [0.717, 1.165) is 25.9 Å². The molecule has 0 heterocycles. The highest BCUT2D eigenvalue weighted by Crippen LogP contribution is 2.39. The van der Waals surface area contributed by atoms with E-state index in [1.54, 1.807) is 0 Å². The molecule has 1 nitrogen and oxygen atoms in total. The lowest BCUT2D eigenvalue weighted by Crippen LogP contribution is -2.30. The first-order chi connectivity index (χ1) is 7.94. The quantitative estimate of drug-likeness (QED) is 0.745. The Morgan fingerprint density at radius 1 is 1.29 bits per heavy atom. The van der Waals surface area contributed by atoms with Crippen molar-refractivity contribution in [1.29, 1.82) is 0 Å². The Kier molecular flexibility index (Phi) is 5.84. The van der Waals surface area contributed by atoms with E-state index in [4.69, 9.17) is 0 Å². The van der Waals surface area contributed by atoms with Crippen LogP contribution in [-0.2, 0) is 0 Å². The van der Waals surface area contributed by atoms with Gasteiger partial charge in [-0.1, -0.05) is 27.2 Å². The molecule has 0 aromatic heterocycles. The lowest BCUT2D eigenvalue weighted by molar-refractivity contribution is -0.0562. The molecule has 1 N–H and O–H groups in total. The van der Waals surface area contributed by atoms with E-state index in [-0.39, 0.29) is 18.8 Å². The maximum Gasteiger partial charge on any atom is 0.248 e. The van der Waals surface area contributed by atoms with Crippen LogP contribution < -0.4 is 5.32 Å². The zero-order valence-corrected chi connectivity index (χ0v) is 11.4. The predicted octanol–water partition coefficient (Wildman–Crippen LogP) is 4.08. The first-order valence-corrected chi connectivity index (χ1v) is 7.03. The van der Waals surface area contributed by atoms with Crippen molar-refractivity contribution >= 4 is 0 Å². The highest BCUT2D eigenvalue weighted by atomic mass is 19.3. The van der Waals surface area contributed by atoms with Crippen LogP contribution in [0.5, 0.6) is 0 Å². The molecule has 1 rings (SSSR count). The van der Waals surface area contributed by atoms with Crippen molar-refractivity contribution in [2.45, 2.75) is 58.8 Å². The maximum atomic E-state index is 13.3. The summed E-state index contributed by atoms with van der Waals surface area (Å²) in [7, 11) is 0. The minimum Gasteiger partial charge on any atom is -0.317 e. The average Bonchev–Trinajstić information content (AvgIpc) is 2.24. The topological polar surface area (TPSA) is 12.0 Å². The SMILES string of the molecule is CCNCC(C)C(C)CC1CCCC(F)(F)C1. The molecule has 1 aliphatic rings. The average molecular weight is 247 g/mol. The Hall–Kier alpha value is -0.180. The molecule has 0 bridgehead atoms. The molecule has 1 aliphatic carbocycles. The molecule has 0 saturated heterocycles. The van der Waals surface area contributed by atoms with Gasteiger partial charge in [-0.3, -0.25) is 0 Å². The van der Waals surface area contributed by atoms with Crippen LogP contribution in [0.3, 0.4) is 0 Å². The number of alkyl halides is 2. The summed E-state index contributed by atoms with van der Waals surface area (Å²) in [6.07, 6.45) is 2.87. The van der Waals surface area contributed by atoms with Gasteiger partial charge in [-0.05, 0) is 43.7 Å². The molecule has 0 aromatic rings. The van der Waals surface area contributed by atoms with Crippen molar-refractivity contribution in [2.24, 2.45) is 17.8 Å². The fraction of sp³-hybridized carbons (Fsp3) is 1.00. The van der Waals surface area contributed by atoms with E-state index in [0.29, 0.717) is 18.3 Å². The Bertz CT molecular complexity index is 218. The summed E-state index contributed by atoms with van der Waals surface area (Å²) < 4.78 is 26.6. The smallest absolute Gasteiger partial charge is 0.248 e. The van der Waals surface area contributed by atoms with Gasteiger partial charge in [0.1, 0.15) is 0 Å². The van der Waals surface area contributed by atoms with Gasteiger partial charge in [0.2, 0.25) is 5.92 Å². The summed E-state index contributed by atoms with van der Waals surface area (Å²) in [6.45, 7) is 8.50. The van der Waals surface area contributed by atoms with Gasteiger partial charge in [0.05, 0.1) is 0 Å². The number of nitrogens with one attached hydrogen (secondary N) is 1. The molecule has 0 aliphatic heterocycles. The summed E-state index contributed by atoms with van der Waals surface area (Å²) >= 11 is 0. The molecule has 3 heteroatoms. The van der Waals surface area contributed by atoms with E-state index in [2.05, 4.69) is 26.1 Å². The van der Waals surface area contributed by atoms with Gasteiger partial charge in [0, 0.05) is 12.8 Å². The predicted molar refractivity (Wildman–Crippen MR) is 68.4 cm³/mol. The molecule has 102 valence electrons. The van der Waals surface area contributed by atoms with Crippen LogP contribution in [0.25, 0.3) is 0 Å². The second-order valence-electron chi connectivity index (χ2n) is 5.82. The number of halogens is 2. The van der Waals surface area contributed by atoms with Gasteiger partial charge >= 0.3 is 0 Å². The molecule has 0 radical (unpaired) electrons. The van der Waals surface area contributed by atoms with E-state index >= 15 is 0 Å². The van der Waals surface area contributed by atoms with Crippen molar-refractivity contribution in [3.05, 3.63) is 0 Å². The molecule has 1 saturated carbocycles. The summed E-state index contributed by atoms with van der Waals surface area (Å²) in [6, 6.07) is 0. The Labute approximate surface area is 104 Å². The molecule has 0 spiro atoms. The van der Waals surface area contributed by atoms with E-state index in [1.807, 2.05) is 0 Å². The molecule has 1 fully saturated rings. The highest BCUT2D eigenvalue weighted by molar-refractivity contribution is 4.80. The first kappa shape index (κ1) is 14.9. The summed E-state index contributed by atoms with van der Waals surface area (Å²) in [5.41, 5.74) is 0. The van der Waals surface area contributed by atoms with E-state index in [1.165, 1.54) is 0 Å². The summed E-state index contributed by atoms with van der Waals surface area (Å²) in [5, 5.41) is 3.33. The number of hydrogen-bond donors (Lipinski definition) is 1. The second-order valence-corrected chi connectivity index (χ2v) is 5.82. The van der Waals surface area contributed by atoms with Gasteiger partial charge in [-0.15, -0.1) is 0 Å². The first-order valence-electron chi connectivity index (χ1n) is 7.03. The summed E-state index contributed by atoms with van der Waals surface area (Å²) in [5.74, 6) is -1.05. The van der Waals surface area contributed by atoms with Crippen LogP contribution in [-0.4, -0.2) is 19.0 Å².